The van der Waals surface area contributed by atoms with Crippen LogP contribution < -0.4 is 0 Å². The standard InChI is InChI=1S/C27H54O3Si2/c1-13-15-16-17-21(28)18-19-23-22(14-2)24(29-31(9,10)26(3,4)5)20-25(23)30-32(11,12)27(6,7)8/h14,18-19,21-25,28H,2,13,15-17,20H2,1,3-12H3/b19-18+/t21-,22-,23+,24-,25+/m1/s1. The Bertz CT molecular complexity index is 613. The molecule has 0 heterocycles. The predicted molar refractivity (Wildman–Crippen MR) is 145 cm³/mol. The fraction of sp³-hybridized carbons (Fsp3) is 0.852. The van der Waals surface area contributed by atoms with Crippen molar-refractivity contribution in [1.82, 2.24) is 0 Å². The third-order valence-corrected chi connectivity index (χ3v) is 17.2. The smallest absolute Gasteiger partial charge is 0.192 e. The molecule has 1 aliphatic rings. The largest absolute Gasteiger partial charge is 0.413 e. The van der Waals surface area contributed by atoms with Crippen LogP contribution in [0.4, 0.5) is 0 Å². The van der Waals surface area contributed by atoms with Crippen LogP contribution >= 0.6 is 0 Å². The third-order valence-electron chi connectivity index (χ3n) is 8.20. The fourth-order valence-corrected chi connectivity index (χ4v) is 6.65. The maximum Gasteiger partial charge on any atom is 0.192 e. The maximum absolute atomic E-state index is 10.5. The van der Waals surface area contributed by atoms with Crippen LogP contribution in [0.3, 0.4) is 0 Å². The van der Waals surface area contributed by atoms with E-state index in [0.29, 0.717) is 0 Å². The molecule has 5 atom stereocenters. The van der Waals surface area contributed by atoms with Crippen molar-refractivity contribution in [2.75, 3.05) is 0 Å². The topological polar surface area (TPSA) is 38.7 Å². The van der Waals surface area contributed by atoms with Gasteiger partial charge in [0.25, 0.3) is 0 Å². The highest BCUT2D eigenvalue weighted by Crippen LogP contribution is 2.47. The lowest BCUT2D eigenvalue weighted by atomic mass is 9.92. The zero-order chi connectivity index (χ0) is 25.0. The Morgan fingerprint density at radius 1 is 0.906 bits per heavy atom. The molecule has 0 radical (unpaired) electrons. The normalized spacial score (nSPS) is 26.6. The summed E-state index contributed by atoms with van der Waals surface area (Å²) in [5.41, 5.74) is 0. The molecule has 0 aromatic rings. The second kappa shape index (κ2) is 11.5. The van der Waals surface area contributed by atoms with Gasteiger partial charge in [0, 0.05) is 11.8 Å². The van der Waals surface area contributed by atoms with E-state index in [1.54, 1.807) is 0 Å². The van der Waals surface area contributed by atoms with E-state index in [2.05, 4.69) is 93.4 Å². The van der Waals surface area contributed by atoms with Gasteiger partial charge in [-0.1, -0.05) is 86.0 Å². The maximum atomic E-state index is 10.5. The zero-order valence-electron chi connectivity index (χ0n) is 23.1. The van der Waals surface area contributed by atoms with Crippen LogP contribution in [0, 0.1) is 11.8 Å². The van der Waals surface area contributed by atoms with E-state index in [1.165, 1.54) is 12.8 Å². The van der Waals surface area contributed by atoms with Gasteiger partial charge in [0.15, 0.2) is 16.6 Å². The van der Waals surface area contributed by atoms with Crippen molar-refractivity contribution in [3.63, 3.8) is 0 Å². The van der Waals surface area contributed by atoms with Gasteiger partial charge in [-0.05, 0) is 49.1 Å². The Morgan fingerprint density at radius 2 is 1.38 bits per heavy atom. The van der Waals surface area contributed by atoms with Gasteiger partial charge in [-0.15, -0.1) is 6.58 Å². The monoisotopic (exact) mass is 482 g/mol. The fourth-order valence-electron chi connectivity index (χ4n) is 3.92. The molecule has 0 aliphatic heterocycles. The molecule has 1 fully saturated rings. The summed E-state index contributed by atoms with van der Waals surface area (Å²) in [6.45, 7) is 29.5. The van der Waals surface area contributed by atoms with Crippen LogP contribution in [-0.4, -0.2) is 40.1 Å². The summed E-state index contributed by atoms with van der Waals surface area (Å²) < 4.78 is 13.9. The van der Waals surface area contributed by atoms with E-state index >= 15 is 0 Å². The first-order valence-corrected chi connectivity index (χ1v) is 18.6. The molecule has 0 spiro atoms. The van der Waals surface area contributed by atoms with Gasteiger partial charge in [-0.3, -0.25) is 0 Å². The average molecular weight is 483 g/mol. The molecule has 5 heteroatoms. The van der Waals surface area contributed by atoms with Gasteiger partial charge in [-0.25, -0.2) is 0 Å². The van der Waals surface area contributed by atoms with E-state index in [4.69, 9.17) is 8.85 Å². The minimum atomic E-state index is -1.94. The molecule has 1 saturated carbocycles. The summed E-state index contributed by atoms with van der Waals surface area (Å²) in [7, 11) is -3.85. The first-order chi connectivity index (χ1) is 14.5. The van der Waals surface area contributed by atoms with E-state index < -0.39 is 16.6 Å². The van der Waals surface area contributed by atoms with Crippen molar-refractivity contribution in [3.05, 3.63) is 24.8 Å². The van der Waals surface area contributed by atoms with Gasteiger partial charge >= 0.3 is 0 Å². The van der Waals surface area contributed by atoms with Gasteiger partial charge < -0.3 is 14.0 Å². The molecule has 0 saturated heterocycles. The summed E-state index contributed by atoms with van der Waals surface area (Å²) in [4.78, 5) is 0. The third kappa shape index (κ3) is 7.94. The summed E-state index contributed by atoms with van der Waals surface area (Å²) >= 11 is 0. The molecule has 0 bridgehead atoms. The van der Waals surface area contributed by atoms with Crippen molar-refractivity contribution < 1.29 is 14.0 Å². The molecule has 0 aromatic heterocycles. The Kier molecular flexibility index (Phi) is 10.7. The lowest BCUT2D eigenvalue weighted by molar-refractivity contribution is 0.135. The highest BCUT2D eigenvalue weighted by Gasteiger charge is 2.49. The Hall–Kier alpha value is -0.206. The number of unbranched alkanes of at least 4 members (excludes halogenated alkanes) is 2. The average Bonchev–Trinajstić information content (AvgIpc) is 2.92. The summed E-state index contributed by atoms with van der Waals surface area (Å²) in [6.07, 6.45) is 11.3. The minimum absolute atomic E-state index is 0.104. The van der Waals surface area contributed by atoms with Gasteiger partial charge in [0.05, 0.1) is 18.3 Å². The lowest BCUT2D eigenvalue weighted by Crippen LogP contribution is -2.45. The van der Waals surface area contributed by atoms with Crippen LogP contribution in [0.1, 0.15) is 80.6 Å². The molecule has 0 amide bonds. The Balaban J connectivity index is 3.17. The van der Waals surface area contributed by atoms with Gasteiger partial charge in [0.2, 0.25) is 0 Å². The number of hydrogen-bond donors (Lipinski definition) is 1. The van der Waals surface area contributed by atoms with Crippen molar-refractivity contribution in [3.8, 4) is 0 Å². The minimum Gasteiger partial charge on any atom is -0.413 e. The van der Waals surface area contributed by atoms with Crippen molar-refractivity contribution >= 4 is 16.6 Å². The van der Waals surface area contributed by atoms with Crippen LogP contribution in [0.5, 0.6) is 0 Å². The first-order valence-electron chi connectivity index (χ1n) is 12.8. The zero-order valence-corrected chi connectivity index (χ0v) is 25.1. The van der Waals surface area contributed by atoms with E-state index in [1.807, 2.05) is 6.08 Å². The molecule has 0 aromatic carbocycles. The van der Waals surface area contributed by atoms with E-state index in [9.17, 15) is 5.11 Å². The van der Waals surface area contributed by atoms with Crippen LogP contribution in [0.15, 0.2) is 24.8 Å². The van der Waals surface area contributed by atoms with E-state index in [-0.39, 0.29) is 40.2 Å². The van der Waals surface area contributed by atoms with Crippen molar-refractivity contribution in [1.29, 1.82) is 0 Å². The van der Waals surface area contributed by atoms with Crippen molar-refractivity contribution in [2.45, 2.75) is 135 Å². The van der Waals surface area contributed by atoms with Crippen LogP contribution in [-0.2, 0) is 8.85 Å². The van der Waals surface area contributed by atoms with E-state index in [0.717, 1.165) is 19.3 Å². The molecular weight excluding hydrogens is 428 g/mol. The molecule has 188 valence electrons. The Labute approximate surface area is 202 Å². The van der Waals surface area contributed by atoms with Crippen LogP contribution in [0.2, 0.25) is 36.3 Å². The lowest BCUT2D eigenvalue weighted by Gasteiger charge is -2.40. The summed E-state index contributed by atoms with van der Waals surface area (Å²) in [5, 5.41) is 10.9. The molecule has 32 heavy (non-hydrogen) atoms. The second-order valence-electron chi connectivity index (χ2n) is 12.9. The molecule has 1 N–H and O–H groups in total. The second-order valence-corrected chi connectivity index (χ2v) is 22.4. The first kappa shape index (κ1) is 29.8. The molecule has 1 aliphatic carbocycles. The highest BCUT2D eigenvalue weighted by atomic mass is 28.4. The number of hydrogen-bond acceptors (Lipinski definition) is 3. The summed E-state index contributed by atoms with van der Waals surface area (Å²) in [6, 6.07) is 0. The van der Waals surface area contributed by atoms with Gasteiger partial charge in [0.1, 0.15) is 0 Å². The molecule has 0 unspecified atom stereocenters. The van der Waals surface area contributed by atoms with Crippen LogP contribution in [0.25, 0.3) is 0 Å². The predicted octanol–water partition coefficient (Wildman–Crippen LogP) is 8.09. The number of aliphatic hydroxyl groups is 1. The SMILES string of the molecule is C=C[C@@H]1[C@H](/C=C/[C@H](O)CCCCC)[C@@H](O[Si](C)(C)C(C)(C)C)C[C@H]1O[Si](C)(C)C(C)(C)C. The van der Waals surface area contributed by atoms with Crippen molar-refractivity contribution in [2.24, 2.45) is 11.8 Å². The summed E-state index contributed by atoms with van der Waals surface area (Å²) in [5.74, 6) is 0.398. The number of aliphatic hydroxyl groups excluding tert-OH is 1. The quantitative estimate of drug-likeness (QED) is 0.184. The Morgan fingerprint density at radius 3 is 1.78 bits per heavy atom. The highest BCUT2D eigenvalue weighted by molar-refractivity contribution is 6.74. The van der Waals surface area contributed by atoms with Gasteiger partial charge in [-0.2, -0.15) is 0 Å². The number of rotatable bonds is 11. The molecule has 3 nitrogen and oxygen atoms in total. The molecular formula is C27H54O3Si2. The molecule has 1 rings (SSSR count).